The summed E-state index contributed by atoms with van der Waals surface area (Å²) in [6, 6.07) is 10.1. The first-order valence-electron chi connectivity index (χ1n) is 6.29. The molecule has 0 aliphatic heterocycles. The number of benzene rings is 2. The first kappa shape index (κ1) is 15.5. The first-order chi connectivity index (χ1) is 9.42. The van der Waals surface area contributed by atoms with Gasteiger partial charge < -0.3 is 10.5 Å². The molecule has 2 aromatic carbocycles. The maximum absolute atomic E-state index is 6.43. The number of hydrogen-bond donors (Lipinski definition) is 1. The molecule has 0 fully saturated rings. The summed E-state index contributed by atoms with van der Waals surface area (Å²) in [6.07, 6.45) is 0. The largest absolute Gasteiger partial charge is 0.496 e. The predicted molar refractivity (Wildman–Crippen MR) is 90.3 cm³/mol. The Morgan fingerprint density at radius 1 is 0.950 bits per heavy atom. The zero-order chi connectivity index (χ0) is 14.9. The van der Waals surface area contributed by atoms with E-state index in [2.05, 4.69) is 57.0 Å². The summed E-state index contributed by atoms with van der Waals surface area (Å²) in [5, 5.41) is 0. The number of halogens is 2. The van der Waals surface area contributed by atoms with Crippen LogP contribution in [0.3, 0.4) is 0 Å². The maximum atomic E-state index is 6.43. The van der Waals surface area contributed by atoms with Crippen molar-refractivity contribution in [1.82, 2.24) is 0 Å². The lowest BCUT2D eigenvalue weighted by atomic mass is 9.94. The third-order valence-electron chi connectivity index (χ3n) is 3.36. The van der Waals surface area contributed by atoms with Gasteiger partial charge in [-0.1, -0.05) is 37.9 Å². The van der Waals surface area contributed by atoms with Crippen LogP contribution in [0.1, 0.15) is 28.3 Å². The lowest BCUT2D eigenvalue weighted by molar-refractivity contribution is 0.411. The second-order valence-electron chi connectivity index (χ2n) is 4.86. The van der Waals surface area contributed by atoms with Crippen LogP contribution in [0.2, 0.25) is 0 Å². The molecule has 0 aromatic heterocycles. The number of hydrogen-bond acceptors (Lipinski definition) is 2. The van der Waals surface area contributed by atoms with E-state index in [0.29, 0.717) is 0 Å². The highest BCUT2D eigenvalue weighted by Crippen LogP contribution is 2.31. The average Bonchev–Trinajstić information content (AvgIpc) is 2.39. The summed E-state index contributed by atoms with van der Waals surface area (Å²) in [4.78, 5) is 0. The number of ether oxygens (including phenoxy) is 1. The molecule has 2 N–H and O–H groups in total. The van der Waals surface area contributed by atoms with E-state index in [1.807, 2.05) is 19.1 Å². The molecule has 106 valence electrons. The van der Waals surface area contributed by atoms with Gasteiger partial charge in [0.05, 0.1) is 13.2 Å². The van der Waals surface area contributed by atoms with Gasteiger partial charge in [0.1, 0.15) is 5.75 Å². The van der Waals surface area contributed by atoms with Crippen LogP contribution < -0.4 is 10.5 Å². The monoisotopic (exact) mass is 397 g/mol. The van der Waals surface area contributed by atoms with Gasteiger partial charge in [-0.2, -0.15) is 0 Å². The molecular weight excluding hydrogens is 382 g/mol. The minimum absolute atomic E-state index is 0.159. The van der Waals surface area contributed by atoms with Crippen LogP contribution in [-0.2, 0) is 0 Å². The molecule has 0 saturated heterocycles. The van der Waals surface area contributed by atoms with Crippen molar-refractivity contribution in [3.63, 3.8) is 0 Å². The van der Waals surface area contributed by atoms with Crippen LogP contribution >= 0.6 is 31.9 Å². The summed E-state index contributed by atoms with van der Waals surface area (Å²) < 4.78 is 7.38. The third kappa shape index (κ3) is 3.25. The van der Waals surface area contributed by atoms with Crippen molar-refractivity contribution >= 4 is 31.9 Å². The predicted octanol–water partition coefficient (Wildman–Crippen LogP) is 4.89. The second kappa shape index (κ2) is 6.29. The Labute approximate surface area is 136 Å². The quantitative estimate of drug-likeness (QED) is 0.799. The van der Waals surface area contributed by atoms with Crippen molar-refractivity contribution in [2.75, 3.05) is 7.11 Å². The molecule has 0 bridgehead atoms. The fraction of sp³-hybridized carbons (Fsp3) is 0.250. The zero-order valence-electron chi connectivity index (χ0n) is 11.7. The van der Waals surface area contributed by atoms with Crippen LogP contribution in [0.25, 0.3) is 0 Å². The smallest absolute Gasteiger partial charge is 0.122 e. The van der Waals surface area contributed by atoms with E-state index in [1.54, 1.807) is 7.11 Å². The number of aryl methyl sites for hydroxylation is 2. The van der Waals surface area contributed by atoms with Crippen molar-refractivity contribution in [1.29, 1.82) is 0 Å². The Morgan fingerprint density at radius 2 is 1.55 bits per heavy atom. The lowest BCUT2D eigenvalue weighted by Crippen LogP contribution is -2.14. The Balaban J connectivity index is 2.47. The van der Waals surface area contributed by atoms with Crippen LogP contribution in [0.15, 0.2) is 39.3 Å². The highest BCUT2D eigenvalue weighted by Gasteiger charge is 2.15. The number of methoxy groups -OCH3 is 1. The molecule has 20 heavy (non-hydrogen) atoms. The molecule has 1 unspecified atom stereocenters. The van der Waals surface area contributed by atoms with Crippen molar-refractivity contribution < 1.29 is 4.74 Å². The molecule has 0 saturated carbocycles. The van der Waals surface area contributed by atoms with Crippen LogP contribution in [-0.4, -0.2) is 7.11 Å². The van der Waals surface area contributed by atoms with E-state index in [0.717, 1.165) is 36.9 Å². The number of nitrogens with two attached hydrogens (primary N) is 1. The van der Waals surface area contributed by atoms with Gasteiger partial charge in [-0.05, 0) is 60.4 Å². The molecule has 0 spiro atoms. The lowest BCUT2D eigenvalue weighted by Gasteiger charge is -2.18. The fourth-order valence-corrected chi connectivity index (χ4v) is 3.63. The molecule has 0 amide bonds. The molecule has 4 heteroatoms. The van der Waals surface area contributed by atoms with Gasteiger partial charge in [0.15, 0.2) is 0 Å². The summed E-state index contributed by atoms with van der Waals surface area (Å²) in [6.45, 7) is 4.09. The molecule has 0 aliphatic rings. The summed E-state index contributed by atoms with van der Waals surface area (Å²) in [5.41, 5.74) is 10.9. The average molecular weight is 399 g/mol. The van der Waals surface area contributed by atoms with E-state index in [-0.39, 0.29) is 6.04 Å². The SMILES string of the molecule is COc1cc(C)c(C(N)c2cc(Br)cc(Br)c2)cc1C. The highest BCUT2D eigenvalue weighted by molar-refractivity contribution is 9.11. The van der Waals surface area contributed by atoms with Crippen LogP contribution in [0.5, 0.6) is 5.75 Å². The molecule has 1 atom stereocenters. The van der Waals surface area contributed by atoms with Crippen molar-refractivity contribution in [2.45, 2.75) is 19.9 Å². The fourth-order valence-electron chi connectivity index (χ4n) is 2.30. The van der Waals surface area contributed by atoms with Crippen molar-refractivity contribution in [3.8, 4) is 5.75 Å². The van der Waals surface area contributed by atoms with E-state index in [4.69, 9.17) is 10.5 Å². The van der Waals surface area contributed by atoms with Gasteiger partial charge in [-0.15, -0.1) is 0 Å². The minimum atomic E-state index is -0.159. The molecule has 0 radical (unpaired) electrons. The molecule has 0 aliphatic carbocycles. The van der Waals surface area contributed by atoms with E-state index in [9.17, 15) is 0 Å². The van der Waals surface area contributed by atoms with Crippen molar-refractivity contribution in [3.05, 3.63) is 61.5 Å². The Bertz CT molecular complexity index is 620. The molecular formula is C16H17Br2NO. The van der Waals surface area contributed by atoms with Crippen LogP contribution in [0.4, 0.5) is 0 Å². The minimum Gasteiger partial charge on any atom is -0.496 e. The second-order valence-corrected chi connectivity index (χ2v) is 6.69. The van der Waals surface area contributed by atoms with Gasteiger partial charge in [-0.25, -0.2) is 0 Å². The summed E-state index contributed by atoms with van der Waals surface area (Å²) in [5.74, 6) is 0.897. The van der Waals surface area contributed by atoms with Gasteiger partial charge in [0, 0.05) is 8.95 Å². The first-order valence-corrected chi connectivity index (χ1v) is 7.87. The van der Waals surface area contributed by atoms with E-state index < -0.39 is 0 Å². The number of rotatable bonds is 3. The Hall–Kier alpha value is -0.840. The standard InChI is InChI=1S/C16H17Br2NO/c1-9-5-15(20-3)10(2)4-14(9)16(19)11-6-12(17)8-13(18)7-11/h4-8,16H,19H2,1-3H3. The third-order valence-corrected chi connectivity index (χ3v) is 4.28. The van der Waals surface area contributed by atoms with Crippen LogP contribution in [0, 0.1) is 13.8 Å². The van der Waals surface area contributed by atoms with Gasteiger partial charge in [-0.3, -0.25) is 0 Å². The van der Waals surface area contributed by atoms with Gasteiger partial charge >= 0.3 is 0 Å². The Kier molecular flexibility index (Phi) is 4.89. The molecule has 2 nitrogen and oxygen atoms in total. The zero-order valence-corrected chi connectivity index (χ0v) is 14.9. The topological polar surface area (TPSA) is 35.2 Å². The molecule has 0 heterocycles. The van der Waals surface area contributed by atoms with Gasteiger partial charge in [0.2, 0.25) is 0 Å². The Morgan fingerprint density at radius 3 is 2.10 bits per heavy atom. The normalized spacial score (nSPS) is 12.3. The summed E-state index contributed by atoms with van der Waals surface area (Å²) >= 11 is 7.01. The van der Waals surface area contributed by atoms with E-state index >= 15 is 0 Å². The van der Waals surface area contributed by atoms with Crippen molar-refractivity contribution in [2.24, 2.45) is 5.73 Å². The molecule has 2 aromatic rings. The summed E-state index contributed by atoms with van der Waals surface area (Å²) in [7, 11) is 1.69. The maximum Gasteiger partial charge on any atom is 0.122 e. The molecule has 2 rings (SSSR count). The van der Waals surface area contributed by atoms with E-state index in [1.165, 1.54) is 0 Å². The van der Waals surface area contributed by atoms with Gasteiger partial charge in [0.25, 0.3) is 0 Å². The highest BCUT2D eigenvalue weighted by atomic mass is 79.9.